The summed E-state index contributed by atoms with van der Waals surface area (Å²) in [5, 5.41) is 4.57. The summed E-state index contributed by atoms with van der Waals surface area (Å²) in [7, 11) is 0. The van der Waals surface area contributed by atoms with Gasteiger partial charge in [-0.25, -0.2) is 0 Å². The lowest BCUT2D eigenvalue weighted by Crippen LogP contribution is -2.24. The van der Waals surface area contributed by atoms with Gasteiger partial charge in [0.05, 0.1) is 6.04 Å². The Morgan fingerprint density at radius 2 is 1.95 bits per heavy atom. The fourth-order valence-corrected chi connectivity index (χ4v) is 4.05. The van der Waals surface area contributed by atoms with Crippen molar-refractivity contribution in [3.8, 4) is 0 Å². The van der Waals surface area contributed by atoms with Crippen LogP contribution in [0.25, 0.3) is 0 Å². The minimum absolute atomic E-state index is 0.183. The quantitative estimate of drug-likeness (QED) is 0.599. The normalized spacial score (nSPS) is 19.4. The molecule has 2 aromatic carbocycles. The predicted octanol–water partition coefficient (Wildman–Crippen LogP) is 5.99. The molecule has 0 saturated carbocycles. The summed E-state index contributed by atoms with van der Waals surface area (Å²) < 4.78 is 1.27. The van der Waals surface area contributed by atoms with Crippen LogP contribution in [0.2, 0.25) is 5.02 Å². The van der Waals surface area contributed by atoms with Crippen LogP contribution in [0.1, 0.15) is 36.6 Å². The van der Waals surface area contributed by atoms with Crippen molar-refractivity contribution in [1.29, 1.82) is 0 Å². The monoisotopic (exact) mass is 411 g/mol. The Kier molecular flexibility index (Phi) is 3.95. The van der Waals surface area contributed by atoms with Crippen LogP contribution >= 0.6 is 34.2 Å². The number of benzene rings is 2. The van der Waals surface area contributed by atoms with Crippen molar-refractivity contribution in [2.45, 2.75) is 33.2 Å². The third-order valence-electron chi connectivity index (χ3n) is 4.33. The van der Waals surface area contributed by atoms with Crippen molar-refractivity contribution in [1.82, 2.24) is 0 Å². The van der Waals surface area contributed by atoms with Crippen LogP contribution < -0.4 is 5.32 Å². The van der Waals surface area contributed by atoms with Gasteiger partial charge in [0.15, 0.2) is 0 Å². The van der Waals surface area contributed by atoms with Crippen LogP contribution in [-0.4, -0.2) is 0 Å². The van der Waals surface area contributed by atoms with E-state index < -0.39 is 0 Å². The Hall–Kier alpha value is -0.740. The third kappa shape index (κ3) is 2.93. The van der Waals surface area contributed by atoms with Crippen molar-refractivity contribution in [3.05, 3.63) is 61.7 Å². The lowest BCUT2D eigenvalue weighted by molar-refractivity contribution is 0.337. The van der Waals surface area contributed by atoms with Gasteiger partial charge in [0, 0.05) is 14.3 Å². The van der Waals surface area contributed by atoms with Gasteiger partial charge in [-0.2, -0.15) is 0 Å². The van der Waals surface area contributed by atoms with Gasteiger partial charge in [-0.1, -0.05) is 31.5 Å². The molecule has 0 radical (unpaired) electrons. The largest absolute Gasteiger partial charge is 0.377 e. The predicted molar refractivity (Wildman–Crippen MR) is 99.2 cm³/mol. The van der Waals surface area contributed by atoms with Crippen LogP contribution in [-0.2, 0) is 6.42 Å². The molecule has 0 bridgehead atoms. The lowest BCUT2D eigenvalue weighted by atomic mass is 9.85. The first-order valence-corrected chi connectivity index (χ1v) is 8.63. The number of anilines is 1. The maximum absolute atomic E-state index is 6.21. The zero-order valence-electron chi connectivity index (χ0n) is 12.5. The Morgan fingerprint density at radius 3 is 2.67 bits per heavy atom. The zero-order valence-corrected chi connectivity index (χ0v) is 15.4. The van der Waals surface area contributed by atoms with Gasteiger partial charge in [-0.3, -0.25) is 0 Å². The minimum Gasteiger partial charge on any atom is -0.377 e. The van der Waals surface area contributed by atoms with Crippen LogP contribution in [0.5, 0.6) is 0 Å². The van der Waals surface area contributed by atoms with Gasteiger partial charge < -0.3 is 5.32 Å². The van der Waals surface area contributed by atoms with E-state index in [-0.39, 0.29) is 5.41 Å². The second-order valence-corrected chi connectivity index (χ2v) is 8.23. The topological polar surface area (TPSA) is 12.0 Å². The molecule has 0 aromatic heterocycles. The highest BCUT2D eigenvalue weighted by atomic mass is 127. The van der Waals surface area contributed by atoms with Gasteiger partial charge in [0.1, 0.15) is 0 Å². The number of hydrogen-bond donors (Lipinski definition) is 1. The molecular formula is C18H19ClIN. The first-order valence-electron chi connectivity index (χ1n) is 7.18. The molecule has 1 N–H and O–H groups in total. The van der Waals surface area contributed by atoms with Gasteiger partial charge in [-0.15, -0.1) is 0 Å². The molecule has 1 nitrogen and oxygen atoms in total. The summed E-state index contributed by atoms with van der Waals surface area (Å²) in [5.41, 5.74) is 5.42. The fourth-order valence-electron chi connectivity index (χ4n) is 3.23. The highest BCUT2D eigenvalue weighted by Crippen LogP contribution is 2.47. The van der Waals surface area contributed by atoms with Crippen molar-refractivity contribution < 1.29 is 0 Å². The Balaban J connectivity index is 1.99. The summed E-state index contributed by atoms with van der Waals surface area (Å²) in [6.45, 7) is 6.80. The summed E-state index contributed by atoms with van der Waals surface area (Å²) in [6, 6.07) is 13.1. The molecule has 1 aliphatic carbocycles. The van der Waals surface area contributed by atoms with Gasteiger partial charge >= 0.3 is 0 Å². The SMILES string of the molecule is Cc1cc(I)ccc1NC1c2cc(Cl)ccc2CC1(C)C. The highest BCUT2D eigenvalue weighted by molar-refractivity contribution is 14.1. The number of hydrogen-bond acceptors (Lipinski definition) is 1. The molecule has 1 unspecified atom stereocenters. The van der Waals surface area contributed by atoms with E-state index in [1.165, 1.54) is 25.9 Å². The molecule has 3 heteroatoms. The summed E-state index contributed by atoms with van der Waals surface area (Å²) >= 11 is 8.56. The molecule has 2 aromatic rings. The van der Waals surface area contributed by atoms with Crippen molar-refractivity contribution in [2.24, 2.45) is 5.41 Å². The molecule has 0 spiro atoms. The van der Waals surface area contributed by atoms with Gasteiger partial charge in [0.2, 0.25) is 0 Å². The van der Waals surface area contributed by atoms with Crippen LogP contribution in [0.15, 0.2) is 36.4 Å². The average Bonchev–Trinajstić information content (AvgIpc) is 2.63. The number of nitrogens with one attached hydrogen (secondary N) is 1. The third-order valence-corrected chi connectivity index (χ3v) is 5.24. The molecule has 1 atom stereocenters. The van der Waals surface area contributed by atoms with Gasteiger partial charge in [0.25, 0.3) is 0 Å². The first kappa shape index (κ1) is 15.2. The Bertz CT molecular complexity index is 694. The Labute approximate surface area is 145 Å². The van der Waals surface area contributed by atoms with Gasteiger partial charge in [-0.05, 0) is 88.4 Å². The summed E-state index contributed by atoms with van der Waals surface area (Å²) in [5.74, 6) is 0. The van der Waals surface area contributed by atoms with E-state index in [9.17, 15) is 0 Å². The number of rotatable bonds is 2. The zero-order chi connectivity index (χ0) is 15.2. The molecule has 110 valence electrons. The second kappa shape index (κ2) is 5.47. The van der Waals surface area contributed by atoms with Crippen LogP contribution in [0, 0.1) is 15.9 Å². The number of halogens is 2. The Morgan fingerprint density at radius 1 is 1.19 bits per heavy atom. The molecular weight excluding hydrogens is 393 g/mol. The smallest absolute Gasteiger partial charge is 0.0571 e. The lowest BCUT2D eigenvalue weighted by Gasteiger charge is -2.30. The summed E-state index contributed by atoms with van der Waals surface area (Å²) in [4.78, 5) is 0. The summed E-state index contributed by atoms with van der Waals surface area (Å²) in [6.07, 6.45) is 1.08. The molecule has 21 heavy (non-hydrogen) atoms. The van der Waals surface area contributed by atoms with E-state index >= 15 is 0 Å². The molecule has 0 amide bonds. The molecule has 3 rings (SSSR count). The van der Waals surface area contributed by atoms with Crippen molar-refractivity contribution in [2.75, 3.05) is 5.32 Å². The van der Waals surface area contributed by atoms with E-state index in [1.807, 2.05) is 6.07 Å². The molecule has 0 fully saturated rings. The standard InChI is InChI=1S/C18H19ClIN/c1-11-8-14(20)6-7-16(11)21-17-15-9-13(19)5-4-12(15)10-18(17,2)3/h4-9,17,21H,10H2,1-3H3. The number of fused-ring (bicyclic) bond motifs is 1. The fraction of sp³-hybridized carbons (Fsp3) is 0.333. The van der Waals surface area contributed by atoms with Crippen LogP contribution in [0.3, 0.4) is 0 Å². The van der Waals surface area contributed by atoms with Crippen molar-refractivity contribution >= 4 is 39.9 Å². The van der Waals surface area contributed by atoms with E-state index in [0.717, 1.165) is 11.4 Å². The molecule has 0 saturated heterocycles. The van der Waals surface area contributed by atoms with E-state index in [2.05, 4.69) is 79.0 Å². The van der Waals surface area contributed by atoms with E-state index in [0.29, 0.717) is 6.04 Å². The average molecular weight is 412 g/mol. The molecule has 0 aliphatic heterocycles. The molecule has 0 heterocycles. The number of aryl methyl sites for hydroxylation is 1. The second-order valence-electron chi connectivity index (χ2n) is 6.55. The van der Waals surface area contributed by atoms with E-state index in [1.54, 1.807) is 0 Å². The maximum Gasteiger partial charge on any atom is 0.0571 e. The minimum atomic E-state index is 0.183. The van der Waals surface area contributed by atoms with Crippen molar-refractivity contribution in [3.63, 3.8) is 0 Å². The maximum atomic E-state index is 6.21. The molecule has 1 aliphatic rings. The highest BCUT2D eigenvalue weighted by Gasteiger charge is 2.39. The van der Waals surface area contributed by atoms with Crippen LogP contribution in [0.4, 0.5) is 5.69 Å². The van der Waals surface area contributed by atoms with E-state index in [4.69, 9.17) is 11.6 Å². The first-order chi connectivity index (χ1) is 9.87.